The van der Waals surface area contributed by atoms with Crippen LogP contribution in [0.5, 0.6) is 0 Å². The molecule has 1 aliphatic heterocycles. The number of amides is 1. The Labute approximate surface area is 102 Å². The van der Waals surface area contributed by atoms with E-state index in [9.17, 15) is 4.79 Å². The Bertz CT molecular complexity index is 196. The first-order valence-electron chi connectivity index (χ1n) is 6.01. The maximum Gasteiger partial charge on any atom is 0.224 e. The van der Waals surface area contributed by atoms with Crippen LogP contribution in [-0.2, 0) is 4.79 Å². The largest absolute Gasteiger partial charge is 0.396 e. The van der Waals surface area contributed by atoms with Crippen LogP contribution < -0.4 is 10.6 Å². The molecule has 1 rings (SSSR count). The van der Waals surface area contributed by atoms with E-state index in [2.05, 4.69) is 10.6 Å². The molecule has 1 heterocycles. The highest BCUT2D eigenvalue weighted by Gasteiger charge is 2.19. The van der Waals surface area contributed by atoms with Crippen molar-refractivity contribution in [1.82, 2.24) is 10.6 Å². The zero-order valence-electron chi connectivity index (χ0n) is 9.71. The smallest absolute Gasteiger partial charge is 0.224 e. The molecule has 94 valence electrons. The molecule has 1 saturated heterocycles. The predicted molar refractivity (Wildman–Crippen MR) is 67.6 cm³/mol. The van der Waals surface area contributed by atoms with Gasteiger partial charge in [-0.1, -0.05) is 0 Å². The number of carbonyl (C=O) groups excluding carboxylic acids is 1. The molecule has 0 saturated carbocycles. The second-order valence-electron chi connectivity index (χ2n) is 4.02. The van der Waals surface area contributed by atoms with Gasteiger partial charge in [-0.15, -0.1) is 0 Å². The van der Waals surface area contributed by atoms with Gasteiger partial charge < -0.3 is 15.7 Å². The zero-order chi connectivity index (χ0) is 11.6. The van der Waals surface area contributed by atoms with E-state index in [1.165, 1.54) is 0 Å². The Kier molecular flexibility index (Phi) is 7.63. The van der Waals surface area contributed by atoms with Gasteiger partial charge in [0, 0.05) is 25.4 Å². The first-order valence-corrected chi connectivity index (χ1v) is 7.17. The summed E-state index contributed by atoms with van der Waals surface area (Å²) >= 11 is 1.78. The van der Waals surface area contributed by atoms with Gasteiger partial charge >= 0.3 is 0 Å². The van der Waals surface area contributed by atoms with E-state index >= 15 is 0 Å². The molecule has 1 atom stereocenters. The van der Waals surface area contributed by atoms with Crippen LogP contribution in [0.3, 0.4) is 0 Å². The molecule has 0 bridgehead atoms. The Hall–Kier alpha value is -0.260. The van der Waals surface area contributed by atoms with Crippen molar-refractivity contribution < 1.29 is 9.90 Å². The summed E-state index contributed by atoms with van der Waals surface area (Å²) in [5, 5.41) is 14.8. The van der Waals surface area contributed by atoms with Crippen molar-refractivity contribution in [3.63, 3.8) is 0 Å². The lowest BCUT2D eigenvalue weighted by molar-refractivity contribution is -0.125. The second kappa shape index (κ2) is 8.84. The molecule has 0 radical (unpaired) electrons. The number of thioether (sulfide) groups is 1. The van der Waals surface area contributed by atoms with Gasteiger partial charge in [-0.05, 0) is 31.6 Å². The molecule has 16 heavy (non-hydrogen) atoms. The van der Waals surface area contributed by atoms with Gasteiger partial charge in [0.25, 0.3) is 0 Å². The molecule has 4 nitrogen and oxygen atoms in total. The second-order valence-corrected chi connectivity index (χ2v) is 5.25. The summed E-state index contributed by atoms with van der Waals surface area (Å²) in [5.74, 6) is 2.26. The van der Waals surface area contributed by atoms with E-state index in [0.717, 1.165) is 50.4 Å². The fraction of sp³-hybridized carbons (Fsp3) is 0.909. The normalized spacial score (nSPS) is 20.7. The molecule has 0 spiro atoms. The van der Waals surface area contributed by atoms with Crippen LogP contribution in [0.1, 0.15) is 19.3 Å². The third-order valence-electron chi connectivity index (χ3n) is 2.66. The maximum absolute atomic E-state index is 11.7. The number of hydrogen-bond donors (Lipinski definition) is 3. The molecule has 0 aliphatic carbocycles. The van der Waals surface area contributed by atoms with Crippen LogP contribution in [0, 0.1) is 5.92 Å². The Morgan fingerprint density at radius 3 is 3.06 bits per heavy atom. The quantitative estimate of drug-likeness (QED) is 0.562. The fourth-order valence-corrected chi connectivity index (χ4v) is 2.52. The van der Waals surface area contributed by atoms with Crippen molar-refractivity contribution >= 4 is 17.7 Å². The van der Waals surface area contributed by atoms with Gasteiger partial charge in [-0.25, -0.2) is 0 Å². The lowest BCUT2D eigenvalue weighted by Gasteiger charge is -2.21. The third kappa shape index (κ3) is 5.72. The SMILES string of the molecule is O=C(NCCSCCCO)C1CCCNC1. The van der Waals surface area contributed by atoms with E-state index in [0.29, 0.717) is 0 Å². The van der Waals surface area contributed by atoms with E-state index in [4.69, 9.17) is 5.11 Å². The lowest BCUT2D eigenvalue weighted by atomic mass is 9.99. The van der Waals surface area contributed by atoms with E-state index in [-0.39, 0.29) is 18.4 Å². The fourth-order valence-electron chi connectivity index (χ4n) is 1.74. The van der Waals surface area contributed by atoms with Gasteiger partial charge in [0.05, 0.1) is 5.92 Å². The number of nitrogens with one attached hydrogen (secondary N) is 2. The number of aliphatic hydroxyl groups is 1. The highest BCUT2D eigenvalue weighted by atomic mass is 32.2. The number of hydrogen-bond acceptors (Lipinski definition) is 4. The third-order valence-corrected chi connectivity index (χ3v) is 3.73. The summed E-state index contributed by atoms with van der Waals surface area (Å²) in [6.07, 6.45) is 2.95. The van der Waals surface area contributed by atoms with Gasteiger partial charge in [0.15, 0.2) is 0 Å². The number of rotatable bonds is 7. The molecule has 1 fully saturated rings. The summed E-state index contributed by atoms with van der Waals surface area (Å²) in [6.45, 7) is 2.86. The van der Waals surface area contributed by atoms with E-state index < -0.39 is 0 Å². The minimum Gasteiger partial charge on any atom is -0.396 e. The van der Waals surface area contributed by atoms with Crippen LogP contribution >= 0.6 is 11.8 Å². The monoisotopic (exact) mass is 246 g/mol. The summed E-state index contributed by atoms with van der Waals surface area (Å²) in [7, 11) is 0. The standard InChI is InChI=1S/C11H22N2O2S/c14-6-2-7-16-8-5-13-11(15)10-3-1-4-12-9-10/h10,12,14H,1-9H2,(H,13,15). The van der Waals surface area contributed by atoms with Crippen LogP contribution in [0.25, 0.3) is 0 Å². The predicted octanol–water partition coefficient (Wildman–Crippen LogP) is 0.218. The van der Waals surface area contributed by atoms with Gasteiger partial charge in [-0.2, -0.15) is 11.8 Å². The molecule has 1 amide bonds. The maximum atomic E-state index is 11.7. The highest BCUT2D eigenvalue weighted by Crippen LogP contribution is 2.09. The van der Waals surface area contributed by atoms with Crippen molar-refractivity contribution in [2.75, 3.05) is 37.7 Å². The molecular weight excluding hydrogens is 224 g/mol. The summed E-state index contributed by atoms with van der Waals surface area (Å²) < 4.78 is 0. The van der Waals surface area contributed by atoms with Crippen molar-refractivity contribution in [3.05, 3.63) is 0 Å². The molecule has 1 unspecified atom stereocenters. The first-order chi connectivity index (χ1) is 7.84. The summed E-state index contributed by atoms with van der Waals surface area (Å²) in [4.78, 5) is 11.7. The van der Waals surface area contributed by atoms with Gasteiger partial charge in [0.2, 0.25) is 5.91 Å². The molecule has 0 aromatic heterocycles. The number of piperidine rings is 1. The average molecular weight is 246 g/mol. The van der Waals surface area contributed by atoms with E-state index in [1.807, 2.05) is 0 Å². The molecule has 0 aromatic rings. The number of carbonyl (C=O) groups is 1. The van der Waals surface area contributed by atoms with Crippen molar-refractivity contribution in [1.29, 1.82) is 0 Å². The minimum absolute atomic E-state index is 0.163. The summed E-state index contributed by atoms with van der Waals surface area (Å²) in [6, 6.07) is 0. The topological polar surface area (TPSA) is 61.4 Å². The zero-order valence-corrected chi connectivity index (χ0v) is 10.5. The minimum atomic E-state index is 0.163. The Morgan fingerprint density at radius 1 is 1.50 bits per heavy atom. The molecule has 0 aromatic carbocycles. The molecule has 5 heteroatoms. The van der Waals surface area contributed by atoms with Crippen molar-refractivity contribution in [3.8, 4) is 0 Å². The van der Waals surface area contributed by atoms with Gasteiger partial charge in [0.1, 0.15) is 0 Å². The van der Waals surface area contributed by atoms with E-state index in [1.54, 1.807) is 11.8 Å². The Balaban J connectivity index is 1.97. The molecule has 3 N–H and O–H groups in total. The molecule has 1 aliphatic rings. The van der Waals surface area contributed by atoms with Crippen LogP contribution in [0.4, 0.5) is 0 Å². The first kappa shape index (κ1) is 13.8. The molecular formula is C11H22N2O2S. The highest BCUT2D eigenvalue weighted by molar-refractivity contribution is 7.99. The van der Waals surface area contributed by atoms with Crippen molar-refractivity contribution in [2.24, 2.45) is 5.92 Å². The van der Waals surface area contributed by atoms with Crippen LogP contribution in [0.15, 0.2) is 0 Å². The van der Waals surface area contributed by atoms with Crippen molar-refractivity contribution in [2.45, 2.75) is 19.3 Å². The van der Waals surface area contributed by atoms with Crippen LogP contribution in [0.2, 0.25) is 0 Å². The number of aliphatic hydroxyl groups excluding tert-OH is 1. The Morgan fingerprint density at radius 2 is 2.38 bits per heavy atom. The van der Waals surface area contributed by atoms with Gasteiger partial charge in [-0.3, -0.25) is 4.79 Å². The van der Waals surface area contributed by atoms with Crippen LogP contribution in [-0.4, -0.2) is 48.8 Å². The summed E-state index contributed by atoms with van der Waals surface area (Å²) in [5.41, 5.74) is 0. The average Bonchev–Trinajstić information content (AvgIpc) is 2.34. The lowest BCUT2D eigenvalue weighted by Crippen LogP contribution is -2.41.